The van der Waals surface area contributed by atoms with E-state index in [0.29, 0.717) is 17.0 Å². The van der Waals surface area contributed by atoms with E-state index >= 15 is 0 Å². The fraction of sp³-hybridized carbons (Fsp3) is 0.312. The van der Waals surface area contributed by atoms with Gasteiger partial charge < -0.3 is 20.2 Å². The lowest BCUT2D eigenvalue weighted by Crippen LogP contribution is -2.33. The summed E-state index contributed by atoms with van der Waals surface area (Å²) in [4.78, 5) is 12.3. The van der Waals surface area contributed by atoms with Crippen LogP contribution in [0.3, 0.4) is 0 Å². The molecule has 1 aromatic heterocycles. The molecule has 1 aromatic carbocycles. The van der Waals surface area contributed by atoms with E-state index in [0.717, 1.165) is 18.6 Å². The number of aryl methyl sites for hydroxylation is 1. The van der Waals surface area contributed by atoms with Gasteiger partial charge in [-0.3, -0.25) is 4.79 Å². The second-order valence-corrected chi connectivity index (χ2v) is 4.92. The van der Waals surface area contributed by atoms with Crippen molar-refractivity contribution in [1.82, 2.24) is 5.32 Å². The van der Waals surface area contributed by atoms with Gasteiger partial charge in [0.1, 0.15) is 17.1 Å². The van der Waals surface area contributed by atoms with Crippen LogP contribution in [0.15, 0.2) is 41.0 Å². The third kappa shape index (κ3) is 3.78. The number of nitrogens with two attached hydrogens (primary N) is 1. The molecule has 0 aliphatic carbocycles. The van der Waals surface area contributed by atoms with Gasteiger partial charge in [0, 0.05) is 18.2 Å². The summed E-state index contributed by atoms with van der Waals surface area (Å²) in [7, 11) is 1.52. The highest BCUT2D eigenvalue weighted by Crippen LogP contribution is 2.24. The highest BCUT2D eigenvalue weighted by molar-refractivity contribution is 6.02. The third-order valence-electron chi connectivity index (χ3n) is 3.29. The molecular weight excluding hydrogens is 268 g/mol. The first kappa shape index (κ1) is 15.0. The highest BCUT2D eigenvalue weighted by atomic mass is 16.5. The Morgan fingerprint density at radius 3 is 2.86 bits per heavy atom. The minimum absolute atomic E-state index is 0.00640. The fourth-order valence-electron chi connectivity index (χ4n) is 2.14. The largest absolute Gasteiger partial charge is 0.496 e. The molecule has 0 saturated carbocycles. The molecule has 5 heteroatoms. The standard InChI is InChI=1S/C16H20N2O3/c1-11(8-9-12-5-4-10-21-12)18-16(19)15-13(17)6-3-7-14(15)20-2/h3-7,10-11H,8-9,17H2,1-2H3,(H,18,19). The smallest absolute Gasteiger partial charge is 0.257 e. The van der Waals surface area contributed by atoms with Gasteiger partial charge in [0.15, 0.2) is 0 Å². The molecule has 2 rings (SSSR count). The Bertz CT molecular complexity index is 594. The lowest BCUT2D eigenvalue weighted by molar-refractivity contribution is 0.0936. The van der Waals surface area contributed by atoms with E-state index in [1.54, 1.807) is 24.5 Å². The Balaban J connectivity index is 1.97. The molecule has 0 radical (unpaired) electrons. The number of benzene rings is 1. The highest BCUT2D eigenvalue weighted by Gasteiger charge is 2.17. The summed E-state index contributed by atoms with van der Waals surface area (Å²) in [6, 6.07) is 8.95. The van der Waals surface area contributed by atoms with Crippen LogP contribution in [0.2, 0.25) is 0 Å². The first-order valence-electron chi connectivity index (χ1n) is 6.87. The van der Waals surface area contributed by atoms with Crippen LogP contribution in [0.5, 0.6) is 5.75 Å². The number of carbonyl (C=O) groups is 1. The number of nitrogen functional groups attached to an aromatic ring is 1. The van der Waals surface area contributed by atoms with Crippen molar-refractivity contribution in [3.8, 4) is 5.75 Å². The quantitative estimate of drug-likeness (QED) is 0.801. The monoisotopic (exact) mass is 288 g/mol. The summed E-state index contributed by atoms with van der Waals surface area (Å²) in [5, 5.41) is 2.93. The number of furan rings is 1. The van der Waals surface area contributed by atoms with Crippen LogP contribution in [0.4, 0.5) is 5.69 Å². The van der Waals surface area contributed by atoms with E-state index in [4.69, 9.17) is 14.9 Å². The second-order valence-electron chi connectivity index (χ2n) is 4.92. The number of carbonyl (C=O) groups excluding carboxylic acids is 1. The SMILES string of the molecule is COc1cccc(N)c1C(=O)NC(C)CCc1ccco1. The minimum atomic E-state index is -0.225. The zero-order chi connectivity index (χ0) is 15.2. The van der Waals surface area contributed by atoms with Crippen molar-refractivity contribution in [2.45, 2.75) is 25.8 Å². The molecule has 0 aliphatic rings. The molecule has 0 bridgehead atoms. The average Bonchev–Trinajstić information content (AvgIpc) is 2.97. The molecule has 0 saturated heterocycles. The van der Waals surface area contributed by atoms with E-state index in [1.165, 1.54) is 7.11 Å². The summed E-state index contributed by atoms with van der Waals surface area (Å²) >= 11 is 0. The number of hydrogen-bond donors (Lipinski definition) is 2. The van der Waals surface area contributed by atoms with Crippen LogP contribution < -0.4 is 15.8 Å². The number of rotatable bonds is 6. The molecule has 5 nitrogen and oxygen atoms in total. The molecule has 1 unspecified atom stereocenters. The lowest BCUT2D eigenvalue weighted by Gasteiger charge is -2.16. The maximum absolute atomic E-state index is 12.3. The Morgan fingerprint density at radius 1 is 1.38 bits per heavy atom. The molecule has 1 atom stereocenters. The number of amides is 1. The second kappa shape index (κ2) is 6.83. The van der Waals surface area contributed by atoms with Crippen LogP contribution in [-0.4, -0.2) is 19.1 Å². The summed E-state index contributed by atoms with van der Waals surface area (Å²) in [6.07, 6.45) is 3.21. The van der Waals surface area contributed by atoms with Gasteiger partial charge in [0.05, 0.1) is 13.4 Å². The van der Waals surface area contributed by atoms with Crippen molar-refractivity contribution in [3.63, 3.8) is 0 Å². The van der Waals surface area contributed by atoms with Gasteiger partial charge in [-0.1, -0.05) is 6.07 Å². The van der Waals surface area contributed by atoms with Crippen LogP contribution in [0.1, 0.15) is 29.5 Å². The van der Waals surface area contributed by atoms with Crippen molar-refractivity contribution < 1.29 is 13.9 Å². The van der Waals surface area contributed by atoms with E-state index in [1.807, 2.05) is 19.1 Å². The van der Waals surface area contributed by atoms with Crippen LogP contribution >= 0.6 is 0 Å². The van der Waals surface area contributed by atoms with Gasteiger partial charge >= 0.3 is 0 Å². The Morgan fingerprint density at radius 2 is 2.19 bits per heavy atom. The molecule has 0 aliphatic heterocycles. The van der Waals surface area contributed by atoms with Gasteiger partial charge in [0.25, 0.3) is 5.91 Å². The molecule has 0 fully saturated rings. The topological polar surface area (TPSA) is 77.5 Å². The van der Waals surface area contributed by atoms with Crippen molar-refractivity contribution in [1.29, 1.82) is 0 Å². The van der Waals surface area contributed by atoms with E-state index in [-0.39, 0.29) is 11.9 Å². The lowest BCUT2D eigenvalue weighted by atomic mass is 10.1. The van der Waals surface area contributed by atoms with Crippen molar-refractivity contribution in [2.75, 3.05) is 12.8 Å². The molecule has 1 heterocycles. The molecule has 0 spiro atoms. The molecule has 2 aromatic rings. The predicted octanol–water partition coefficient (Wildman–Crippen LogP) is 2.62. The van der Waals surface area contributed by atoms with Gasteiger partial charge in [-0.05, 0) is 37.6 Å². The fourth-order valence-corrected chi connectivity index (χ4v) is 2.14. The maximum atomic E-state index is 12.3. The number of hydrogen-bond acceptors (Lipinski definition) is 4. The van der Waals surface area contributed by atoms with E-state index in [9.17, 15) is 4.79 Å². The Labute approximate surface area is 124 Å². The van der Waals surface area contributed by atoms with Crippen molar-refractivity contribution in [3.05, 3.63) is 47.9 Å². The van der Waals surface area contributed by atoms with E-state index < -0.39 is 0 Å². The molecule has 21 heavy (non-hydrogen) atoms. The molecular formula is C16H20N2O3. The van der Waals surface area contributed by atoms with Gasteiger partial charge in [-0.15, -0.1) is 0 Å². The van der Waals surface area contributed by atoms with Crippen LogP contribution in [0.25, 0.3) is 0 Å². The summed E-state index contributed by atoms with van der Waals surface area (Å²) in [5.41, 5.74) is 6.66. The summed E-state index contributed by atoms with van der Waals surface area (Å²) in [6.45, 7) is 1.95. The van der Waals surface area contributed by atoms with Crippen LogP contribution in [-0.2, 0) is 6.42 Å². The first-order valence-corrected chi connectivity index (χ1v) is 6.87. The third-order valence-corrected chi connectivity index (χ3v) is 3.29. The van der Waals surface area contributed by atoms with Crippen LogP contribution in [0, 0.1) is 0 Å². The Kier molecular flexibility index (Phi) is 4.87. The zero-order valence-corrected chi connectivity index (χ0v) is 12.3. The normalized spacial score (nSPS) is 11.9. The average molecular weight is 288 g/mol. The maximum Gasteiger partial charge on any atom is 0.257 e. The van der Waals surface area contributed by atoms with Crippen molar-refractivity contribution in [2.24, 2.45) is 0 Å². The number of nitrogens with one attached hydrogen (secondary N) is 1. The molecule has 112 valence electrons. The predicted molar refractivity (Wildman–Crippen MR) is 81.4 cm³/mol. The van der Waals surface area contributed by atoms with Gasteiger partial charge in [-0.25, -0.2) is 0 Å². The number of anilines is 1. The summed E-state index contributed by atoms with van der Waals surface area (Å²) in [5.74, 6) is 1.16. The van der Waals surface area contributed by atoms with Crippen molar-refractivity contribution >= 4 is 11.6 Å². The van der Waals surface area contributed by atoms with E-state index in [2.05, 4.69) is 5.32 Å². The number of methoxy groups -OCH3 is 1. The summed E-state index contributed by atoms with van der Waals surface area (Å²) < 4.78 is 10.5. The zero-order valence-electron chi connectivity index (χ0n) is 12.3. The Hall–Kier alpha value is -2.43. The van der Waals surface area contributed by atoms with Gasteiger partial charge in [-0.2, -0.15) is 0 Å². The molecule has 1 amide bonds. The first-order chi connectivity index (χ1) is 10.1. The van der Waals surface area contributed by atoms with Gasteiger partial charge in [0.2, 0.25) is 0 Å². The molecule has 3 N–H and O–H groups in total. The minimum Gasteiger partial charge on any atom is -0.496 e. The number of ether oxygens (including phenoxy) is 1.